The molecule has 5 heteroatoms. The van der Waals surface area contributed by atoms with Crippen LogP contribution in [-0.4, -0.2) is 17.6 Å². The average molecular weight is 360 g/mol. The number of aliphatic hydroxyl groups is 1. The number of carbonyl (C=O) groups is 1. The molecule has 0 spiro atoms. The Morgan fingerprint density at radius 3 is 2.68 bits per heavy atom. The molecule has 2 aromatic carbocycles. The molecule has 0 saturated carbocycles. The summed E-state index contributed by atoms with van der Waals surface area (Å²) in [6.07, 6.45) is 0. The minimum atomic E-state index is -0.464. The van der Waals surface area contributed by atoms with Gasteiger partial charge in [0.25, 0.3) is 5.91 Å². The number of rotatable bonds is 4. The van der Waals surface area contributed by atoms with Crippen LogP contribution >= 0.6 is 15.9 Å². The summed E-state index contributed by atoms with van der Waals surface area (Å²) in [4.78, 5) is 12.3. The van der Waals surface area contributed by atoms with Gasteiger partial charge in [-0.2, -0.15) is 0 Å². The lowest BCUT2D eigenvalue weighted by Crippen LogP contribution is -2.30. The third kappa shape index (κ3) is 3.05. The van der Waals surface area contributed by atoms with E-state index in [0.717, 1.165) is 15.4 Å². The van der Waals surface area contributed by atoms with E-state index in [4.69, 9.17) is 4.42 Å². The zero-order valence-corrected chi connectivity index (χ0v) is 13.2. The smallest absolute Gasteiger partial charge is 0.287 e. The molecular weight excluding hydrogens is 346 g/mol. The number of amides is 1. The Labute approximate surface area is 135 Å². The Morgan fingerprint density at radius 1 is 1.18 bits per heavy atom. The topological polar surface area (TPSA) is 62.5 Å². The molecule has 0 aliphatic rings. The highest BCUT2D eigenvalue weighted by Gasteiger charge is 2.18. The first kappa shape index (κ1) is 14.8. The second kappa shape index (κ2) is 6.34. The molecular formula is C17H14BrNO3. The van der Waals surface area contributed by atoms with Crippen molar-refractivity contribution in [3.63, 3.8) is 0 Å². The van der Waals surface area contributed by atoms with E-state index in [1.807, 2.05) is 42.5 Å². The Kier molecular flexibility index (Phi) is 4.27. The molecule has 0 aliphatic heterocycles. The zero-order valence-electron chi connectivity index (χ0n) is 11.6. The van der Waals surface area contributed by atoms with Crippen LogP contribution in [-0.2, 0) is 0 Å². The Hall–Kier alpha value is -2.11. The average Bonchev–Trinajstić information content (AvgIpc) is 2.96. The highest BCUT2D eigenvalue weighted by Crippen LogP contribution is 2.24. The van der Waals surface area contributed by atoms with E-state index in [2.05, 4.69) is 21.2 Å². The standard InChI is InChI=1S/C17H14BrNO3/c18-13-6-7-15-12(8-13)9-16(22-15)17(21)19-14(10-20)11-4-2-1-3-5-11/h1-9,14,20H,10H2,(H,19,21)/t14-/m0/s1. The van der Waals surface area contributed by atoms with Crippen molar-refractivity contribution < 1.29 is 14.3 Å². The van der Waals surface area contributed by atoms with Crippen molar-refractivity contribution in [3.05, 3.63) is 70.4 Å². The maximum absolute atomic E-state index is 12.3. The van der Waals surface area contributed by atoms with Gasteiger partial charge in [-0.1, -0.05) is 46.3 Å². The van der Waals surface area contributed by atoms with Gasteiger partial charge in [0.05, 0.1) is 12.6 Å². The lowest BCUT2D eigenvalue weighted by molar-refractivity contribution is 0.0890. The number of nitrogens with one attached hydrogen (secondary N) is 1. The molecule has 4 nitrogen and oxygen atoms in total. The predicted molar refractivity (Wildman–Crippen MR) is 87.6 cm³/mol. The van der Waals surface area contributed by atoms with Gasteiger partial charge in [-0.15, -0.1) is 0 Å². The minimum Gasteiger partial charge on any atom is -0.451 e. The van der Waals surface area contributed by atoms with Gasteiger partial charge in [-0.05, 0) is 29.8 Å². The van der Waals surface area contributed by atoms with Gasteiger partial charge in [-0.25, -0.2) is 0 Å². The van der Waals surface area contributed by atoms with E-state index in [0.29, 0.717) is 5.58 Å². The molecule has 3 aromatic rings. The van der Waals surface area contributed by atoms with E-state index < -0.39 is 6.04 Å². The Morgan fingerprint density at radius 2 is 1.95 bits per heavy atom. The fourth-order valence-corrected chi connectivity index (χ4v) is 2.65. The van der Waals surface area contributed by atoms with Gasteiger partial charge in [0.15, 0.2) is 5.76 Å². The third-order valence-electron chi connectivity index (χ3n) is 3.39. The number of furan rings is 1. The summed E-state index contributed by atoms with van der Waals surface area (Å²) >= 11 is 3.39. The highest BCUT2D eigenvalue weighted by atomic mass is 79.9. The van der Waals surface area contributed by atoms with Crippen LogP contribution in [0.3, 0.4) is 0 Å². The molecule has 0 fully saturated rings. The van der Waals surface area contributed by atoms with Gasteiger partial charge in [0, 0.05) is 9.86 Å². The monoisotopic (exact) mass is 359 g/mol. The molecule has 3 rings (SSSR count). The fraction of sp³-hybridized carbons (Fsp3) is 0.118. The van der Waals surface area contributed by atoms with Crippen LogP contribution in [0.4, 0.5) is 0 Å². The SMILES string of the molecule is O=C(N[C@@H](CO)c1ccccc1)c1cc2cc(Br)ccc2o1. The fourth-order valence-electron chi connectivity index (χ4n) is 2.28. The van der Waals surface area contributed by atoms with Crippen molar-refractivity contribution in [2.24, 2.45) is 0 Å². The Bertz CT molecular complexity index is 798. The maximum Gasteiger partial charge on any atom is 0.287 e. The lowest BCUT2D eigenvalue weighted by Gasteiger charge is -2.15. The molecule has 1 aromatic heterocycles. The van der Waals surface area contributed by atoms with Crippen LogP contribution in [0.1, 0.15) is 22.2 Å². The van der Waals surface area contributed by atoms with Crippen molar-refractivity contribution >= 4 is 32.8 Å². The van der Waals surface area contributed by atoms with Crippen LogP contribution < -0.4 is 5.32 Å². The van der Waals surface area contributed by atoms with E-state index in [9.17, 15) is 9.90 Å². The van der Waals surface area contributed by atoms with E-state index in [1.165, 1.54) is 0 Å². The number of aliphatic hydroxyl groups excluding tert-OH is 1. The largest absolute Gasteiger partial charge is 0.451 e. The molecule has 1 amide bonds. The summed E-state index contributed by atoms with van der Waals surface area (Å²) in [5.74, 6) is -0.127. The van der Waals surface area contributed by atoms with Gasteiger partial charge < -0.3 is 14.8 Å². The molecule has 0 bridgehead atoms. The molecule has 1 atom stereocenters. The van der Waals surface area contributed by atoms with Crippen molar-refractivity contribution in [1.82, 2.24) is 5.32 Å². The first-order valence-corrected chi connectivity index (χ1v) is 7.62. The molecule has 0 saturated heterocycles. The third-order valence-corrected chi connectivity index (χ3v) is 3.89. The van der Waals surface area contributed by atoms with Crippen molar-refractivity contribution in [3.8, 4) is 0 Å². The molecule has 0 aliphatic carbocycles. The number of benzene rings is 2. The first-order valence-electron chi connectivity index (χ1n) is 6.83. The van der Waals surface area contributed by atoms with Gasteiger partial charge in [0.2, 0.25) is 0 Å². The van der Waals surface area contributed by atoms with Crippen LogP contribution in [0.2, 0.25) is 0 Å². The molecule has 22 heavy (non-hydrogen) atoms. The number of hydrogen-bond donors (Lipinski definition) is 2. The summed E-state index contributed by atoms with van der Waals surface area (Å²) in [5.41, 5.74) is 1.49. The van der Waals surface area contributed by atoms with Crippen LogP contribution in [0.5, 0.6) is 0 Å². The van der Waals surface area contributed by atoms with E-state index >= 15 is 0 Å². The van der Waals surface area contributed by atoms with E-state index in [1.54, 1.807) is 12.1 Å². The van der Waals surface area contributed by atoms with E-state index in [-0.39, 0.29) is 18.3 Å². The number of halogens is 1. The molecule has 0 unspecified atom stereocenters. The van der Waals surface area contributed by atoms with Crippen LogP contribution in [0, 0.1) is 0 Å². The summed E-state index contributed by atoms with van der Waals surface area (Å²) in [5, 5.41) is 13.1. The summed E-state index contributed by atoms with van der Waals surface area (Å²) in [7, 11) is 0. The number of fused-ring (bicyclic) bond motifs is 1. The zero-order chi connectivity index (χ0) is 15.5. The second-order valence-corrected chi connectivity index (χ2v) is 5.83. The van der Waals surface area contributed by atoms with Crippen LogP contribution in [0.15, 0.2) is 63.5 Å². The maximum atomic E-state index is 12.3. The van der Waals surface area contributed by atoms with Gasteiger partial charge in [-0.3, -0.25) is 4.79 Å². The number of hydrogen-bond acceptors (Lipinski definition) is 3. The van der Waals surface area contributed by atoms with Crippen LogP contribution in [0.25, 0.3) is 11.0 Å². The summed E-state index contributed by atoms with van der Waals surface area (Å²) in [6, 6.07) is 16.1. The Balaban J connectivity index is 1.83. The summed E-state index contributed by atoms with van der Waals surface area (Å²) < 4.78 is 6.47. The summed E-state index contributed by atoms with van der Waals surface area (Å²) in [6.45, 7) is -0.179. The molecule has 112 valence electrons. The molecule has 2 N–H and O–H groups in total. The highest BCUT2D eigenvalue weighted by molar-refractivity contribution is 9.10. The van der Waals surface area contributed by atoms with Gasteiger partial charge in [0.1, 0.15) is 5.58 Å². The van der Waals surface area contributed by atoms with Crippen molar-refractivity contribution in [2.75, 3.05) is 6.61 Å². The molecule has 1 heterocycles. The predicted octanol–water partition coefficient (Wildman–Crippen LogP) is 3.66. The second-order valence-electron chi connectivity index (χ2n) is 4.91. The van der Waals surface area contributed by atoms with Crippen molar-refractivity contribution in [1.29, 1.82) is 0 Å². The quantitative estimate of drug-likeness (QED) is 0.747. The van der Waals surface area contributed by atoms with Crippen molar-refractivity contribution in [2.45, 2.75) is 6.04 Å². The minimum absolute atomic E-state index is 0.179. The normalized spacial score (nSPS) is 12.3. The first-order chi connectivity index (χ1) is 10.7. The number of carbonyl (C=O) groups excluding carboxylic acids is 1. The molecule has 0 radical (unpaired) electrons. The van der Waals surface area contributed by atoms with Gasteiger partial charge >= 0.3 is 0 Å². The lowest BCUT2D eigenvalue weighted by atomic mass is 10.1.